The number of hydrogen-bond donors (Lipinski definition) is 1. The van der Waals surface area contributed by atoms with Gasteiger partial charge in [-0.2, -0.15) is 0 Å². The molecule has 1 heterocycles. The zero-order chi connectivity index (χ0) is 14.5. The first kappa shape index (κ1) is 14.9. The minimum atomic E-state index is -0.255. The largest absolute Gasteiger partial charge is 0.330 e. The van der Waals surface area contributed by atoms with E-state index in [4.69, 9.17) is 5.73 Å². The van der Waals surface area contributed by atoms with Crippen LogP contribution >= 0.6 is 15.9 Å². The first-order valence-corrected chi connectivity index (χ1v) is 7.26. The summed E-state index contributed by atoms with van der Waals surface area (Å²) in [5.41, 5.74) is 7.46. The molecule has 3 nitrogen and oxygen atoms in total. The second-order valence-corrected chi connectivity index (χ2v) is 5.42. The summed E-state index contributed by atoms with van der Waals surface area (Å²) in [6.07, 6.45) is 2.58. The molecule has 0 bridgehead atoms. The summed E-state index contributed by atoms with van der Waals surface area (Å²) in [4.78, 5) is 6.40. The number of aromatic nitrogens is 1. The molecule has 2 N–H and O–H groups in total. The van der Waals surface area contributed by atoms with Crippen LogP contribution in [0, 0.1) is 12.7 Å². The third-order valence-electron chi connectivity index (χ3n) is 3.01. The lowest BCUT2D eigenvalue weighted by Gasteiger charge is -2.24. The minimum Gasteiger partial charge on any atom is -0.330 e. The molecule has 0 atom stereocenters. The highest BCUT2D eigenvalue weighted by molar-refractivity contribution is 9.10. The summed E-state index contributed by atoms with van der Waals surface area (Å²) in [5, 5.41) is 0. The van der Waals surface area contributed by atoms with E-state index in [9.17, 15) is 4.39 Å². The Kier molecular flexibility index (Phi) is 5.09. The number of pyridine rings is 1. The van der Waals surface area contributed by atoms with E-state index in [0.29, 0.717) is 13.1 Å². The molecule has 0 fully saturated rings. The molecule has 1 aromatic carbocycles. The number of nitrogens with zero attached hydrogens (tertiary/aromatic N) is 2. The van der Waals surface area contributed by atoms with Crippen LogP contribution in [0.25, 0.3) is 0 Å². The van der Waals surface area contributed by atoms with Crippen LogP contribution in [0.15, 0.2) is 41.0 Å². The smallest absolute Gasteiger partial charge is 0.133 e. The van der Waals surface area contributed by atoms with Gasteiger partial charge in [0.25, 0.3) is 0 Å². The zero-order valence-corrected chi connectivity index (χ0v) is 12.9. The fourth-order valence-electron chi connectivity index (χ4n) is 1.94. The number of benzene rings is 1. The summed E-state index contributed by atoms with van der Waals surface area (Å²) in [6.45, 7) is 3.29. The van der Waals surface area contributed by atoms with E-state index in [1.165, 1.54) is 12.1 Å². The van der Waals surface area contributed by atoms with Crippen LogP contribution < -0.4 is 10.6 Å². The lowest BCUT2D eigenvalue weighted by Crippen LogP contribution is -2.22. The van der Waals surface area contributed by atoms with Gasteiger partial charge in [0, 0.05) is 22.9 Å². The van der Waals surface area contributed by atoms with Gasteiger partial charge in [-0.05, 0) is 65.6 Å². The molecule has 0 saturated carbocycles. The second kappa shape index (κ2) is 6.81. The van der Waals surface area contributed by atoms with Gasteiger partial charge >= 0.3 is 0 Å². The molecule has 5 heteroatoms. The zero-order valence-electron chi connectivity index (χ0n) is 11.3. The molecule has 2 rings (SSSR count). The molecule has 0 radical (unpaired) electrons. The van der Waals surface area contributed by atoms with Crippen molar-refractivity contribution in [1.29, 1.82) is 0 Å². The fraction of sp³-hybridized carbons (Fsp3) is 0.267. The Labute approximate surface area is 126 Å². The molecule has 20 heavy (non-hydrogen) atoms. The van der Waals surface area contributed by atoms with Gasteiger partial charge in [-0.15, -0.1) is 0 Å². The Morgan fingerprint density at radius 3 is 2.80 bits per heavy atom. The van der Waals surface area contributed by atoms with Crippen LogP contribution in [0.3, 0.4) is 0 Å². The Morgan fingerprint density at radius 2 is 2.15 bits per heavy atom. The van der Waals surface area contributed by atoms with E-state index < -0.39 is 0 Å². The molecule has 0 amide bonds. The Balaban J connectivity index is 2.38. The fourth-order valence-corrected chi connectivity index (χ4v) is 2.16. The van der Waals surface area contributed by atoms with Gasteiger partial charge in [0.1, 0.15) is 11.6 Å². The highest BCUT2D eigenvalue weighted by Gasteiger charge is 2.12. The molecule has 0 aliphatic carbocycles. The molecule has 0 aliphatic rings. The van der Waals surface area contributed by atoms with Crippen LogP contribution in [0.5, 0.6) is 0 Å². The Bertz CT molecular complexity index is 589. The summed E-state index contributed by atoms with van der Waals surface area (Å²) in [7, 11) is 0. The van der Waals surface area contributed by atoms with Crippen LogP contribution in [-0.4, -0.2) is 18.1 Å². The van der Waals surface area contributed by atoms with E-state index in [1.54, 1.807) is 12.3 Å². The third kappa shape index (κ3) is 3.55. The predicted molar refractivity (Wildman–Crippen MR) is 83.8 cm³/mol. The number of hydrogen-bond acceptors (Lipinski definition) is 3. The van der Waals surface area contributed by atoms with E-state index in [2.05, 4.69) is 20.9 Å². The van der Waals surface area contributed by atoms with Crippen molar-refractivity contribution < 1.29 is 4.39 Å². The second-order valence-electron chi connectivity index (χ2n) is 4.57. The molecule has 106 valence electrons. The van der Waals surface area contributed by atoms with E-state index in [1.807, 2.05) is 24.0 Å². The molecule has 0 unspecified atom stereocenters. The Morgan fingerprint density at radius 1 is 1.35 bits per heavy atom. The van der Waals surface area contributed by atoms with Crippen LogP contribution in [0.1, 0.15) is 12.0 Å². The molecule has 0 spiro atoms. The third-order valence-corrected chi connectivity index (χ3v) is 3.84. The standard InChI is InChI=1S/C15H17BrFN3/c1-11-8-15(19-10-14(11)16)20(7-3-6-18)13-5-2-4-12(17)9-13/h2,4-5,8-10H,3,6-7,18H2,1H3. The maximum absolute atomic E-state index is 13.4. The number of rotatable bonds is 5. The maximum atomic E-state index is 13.4. The average Bonchev–Trinajstić information content (AvgIpc) is 2.43. The molecule has 2 aromatic rings. The number of nitrogens with two attached hydrogens (primary N) is 1. The molecule has 1 aromatic heterocycles. The monoisotopic (exact) mass is 337 g/mol. The van der Waals surface area contributed by atoms with Gasteiger partial charge < -0.3 is 10.6 Å². The van der Waals surface area contributed by atoms with Crippen molar-refractivity contribution in [3.8, 4) is 0 Å². The highest BCUT2D eigenvalue weighted by atomic mass is 79.9. The van der Waals surface area contributed by atoms with Crippen molar-refractivity contribution in [2.45, 2.75) is 13.3 Å². The van der Waals surface area contributed by atoms with E-state index >= 15 is 0 Å². The molecule has 0 aliphatic heterocycles. The van der Waals surface area contributed by atoms with Gasteiger partial charge in [0.15, 0.2) is 0 Å². The summed E-state index contributed by atoms with van der Waals surface area (Å²) >= 11 is 3.44. The minimum absolute atomic E-state index is 0.255. The van der Waals surface area contributed by atoms with E-state index in [-0.39, 0.29) is 5.82 Å². The molecular formula is C15H17BrFN3. The van der Waals surface area contributed by atoms with Crippen LogP contribution in [0.2, 0.25) is 0 Å². The van der Waals surface area contributed by atoms with Gasteiger partial charge in [0.05, 0.1) is 0 Å². The van der Waals surface area contributed by atoms with Gasteiger partial charge in [-0.1, -0.05) is 6.07 Å². The van der Waals surface area contributed by atoms with Crippen molar-refractivity contribution >= 4 is 27.4 Å². The number of anilines is 2. The summed E-state index contributed by atoms with van der Waals surface area (Å²) in [5.74, 6) is 0.541. The van der Waals surface area contributed by atoms with E-state index in [0.717, 1.165) is 28.0 Å². The predicted octanol–water partition coefficient (Wildman–Crippen LogP) is 3.78. The topological polar surface area (TPSA) is 42.1 Å². The molecule has 0 saturated heterocycles. The van der Waals surface area contributed by atoms with Gasteiger partial charge in [-0.25, -0.2) is 9.37 Å². The van der Waals surface area contributed by atoms with Crippen LogP contribution in [-0.2, 0) is 0 Å². The first-order chi connectivity index (χ1) is 9.61. The van der Waals surface area contributed by atoms with Crippen LogP contribution in [0.4, 0.5) is 15.9 Å². The average molecular weight is 338 g/mol. The highest BCUT2D eigenvalue weighted by Crippen LogP contribution is 2.27. The maximum Gasteiger partial charge on any atom is 0.133 e. The van der Waals surface area contributed by atoms with Gasteiger partial charge in [-0.3, -0.25) is 0 Å². The van der Waals surface area contributed by atoms with Crippen molar-refractivity contribution in [3.05, 3.63) is 52.4 Å². The van der Waals surface area contributed by atoms with Gasteiger partial charge in [0.2, 0.25) is 0 Å². The van der Waals surface area contributed by atoms with Crippen molar-refractivity contribution in [1.82, 2.24) is 4.98 Å². The quantitative estimate of drug-likeness (QED) is 0.902. The van der Waals surface area contributed by atoms with Crippen molar-refractivity contribution in [3.63, 3.8) is 0 Å². The number of halogens is 2. The number of aryl methyl sites for hydroxylation is 1. The van der Waals surface area contributed by atoms with Crippen molar-refractivity contribution in [2.75, 3.05) is 18.0 Å². The summed E-state index contributed by atoms with van der Waals surface area (Å²) < 4.78 is 14.4. The lowest BCUT2D eigenvalue weighted by atomic mass is 10.2. The SMILES string of the molecule is Cc1cc(N(CCCN)c2cccc(F)c2)ncc1Br. The normalized spacial score (nSPS) is 10.6. The lowest BCUT2D eigenvalue weighted by molar-refractivity contribution is 0.627. The molecular weight excluding hydrogens is 321 g/mol. The first-order valence-electron chi connectivity index (χ1n) is 6.47. The Hall–Kier alpha value is -1.46. The van der Waals surface area contributed by atoms with Crippen molar-refractivity contribution in [2.24, 2.45) is 5.73 Å². The summed E-state index contributed by atoms with van der Waals surface area (Å²) in [6, 6.07) is 8.50.